The molecule has 1 aromatic carbocycles. The van der Waals surface area contributed by atoms with Crippen LogP contribution in [0.3, 0.4) is 0 Å². The third-order valence-electron chi connectivity index (χ3n) is 4.11. The Morgan fingerprint density at radius 3 is 2.52 bits per heavy atom. The molecule has 0 spiro atoms. The van der Waals surface area contributed by atoms with Crippen LogP contribution in [0.5, 0.6) is 0 Å². The minimum Gasteiger partial charge on any atom is -0.348 e. The Morgan fingerprint density at radius 1 is 1.24 bits per heavy atom. The average molecular weight is 288 g/mol. The van der Waals surface area contributed by atoms with Crippen molar-refractivity contribution in [1.29, 1.82) is 0 Å². The zero-order valence-corrected chi connectivity index (χ0v) is 13.5. The average Bonchev–Trinajstić information content (AvgIpc) is 2.48. The van der Waals surface area contributed by atoms with E-state index in [4.69, 9.17) is 0 Å². The first-order chi connectivity index (χ1) is 10.1. The van der Waals surface area contributed by atoms with Crippen LogP contribution in [-0.4, -0.2) is 18.5 Å². The molecule has 1 fully saturated rings. The van der Waals surface area contributed by atoms with E-state index < -0.39 is 0 Å². The molecule has 21 heavy (non-hydrogen) atoms. The Hall–Kier alpha value is -1.35. The van der Waals surface area contributed by atoms with E-state index >= 15 is 0 Å². The van der Waals surface area contributed by atoms with Crippen LogP contribution in [0.25, 0.3) is 0 Å². The summed E-state index contributed by atoms with van der Waals surface area (Å²) in [6.07, 6.45) is 4.37. The maximum atomic E-state index is 12.2. The number of benzene rings is 1. The van der Waals surface area contributed by atoms with Gasteiger partial charge in [0.25, 0.3) is 0 Å². The summed E-state index contributed by atoms with van der Waals surface area (Å²) in [5.41, 5.74) is 2.54. The molecule has 1 aliphatic rings. The van der Waals surface area contributed by atoms with Crippen molar-refractivity contribution in [2.45, 2.75) is 58.5 Å². The van der Waals surface area contributed by atoms with Crippen molar-refractivity contribution >= 4 is 5.91 Å². The van der Waals surface area contributed by atoms with Crippen molar-refractivity contribution in [2.75, 3.05) is 6.54 Å². The third-order valence-corrected chi connectivity index (χ3v) is 4.11. The summed E-state index contributed by atoms with van der Waals surface area (Å²) in [6, 6.07) is 8.68. The normalized spacial score (nSPS) is 20.3. The molecule has 3 nitrogen and oxygen atoms in total. The number of nitrogens with one attached hydrogen (secondary N) is 2. The minimum atomic E-state index is -0.0126. The summed E-state index contributed by atoms with van der Waals surface area (Å²) < 4.78 is 0. The van der Waals surface area contributed by atoms with Crippen LogP contribution in [0.1, 0.15) is 57.2 Å². The molecule has 1 heterocycles. The molecular formula is C18H28N2O. The van der Waals surface area contributed by atoms with Gasteiger partial charge in [-0.05, 0) is 49.8 Å². The maximum absolute atomic E-state index is 12.2. The highest BCUT2D eigenvalue weighted by Gasteiger charge is 2.21. The van der Waals surface area contributed by atoms with Gasteiger partial charge in [-0.15, -0.1) is 0 Å². The van der Waals surface area contributed by atoms with E-state index in [0.29, 0.717) is 5.92 Å². The van der Waals surface area contributed by atoms with Crippen molar-refractivity contribution in [3.05, 3.63) is 35.4 Å². The van der Waals surface area contributed by atoms with E-state index in [1.54, 1.807) is 0 Å². The standard InChI is InChI=1S/C18H28N2O/c1-13(2)12-15-7-9-16(10-8-15)14(3)20-18(21)17-6-4-5-11-19-17/h7-10,13-14,17,19H,4-6,11-12H2,1-3H3,(H,20,21)/t14?,17-/m1/s1. The monoisotopic (exact) mass is 288 g/mol. The lowest BCUT2D eigenvalue weighted by molar-refractivity contribution is -0.124. The van der Waals surface area contributed by atoms with Gasteiger partial charge in [0.1, 0.15) is 0 Å². The van der Waals surface area contributed by atoms with Crippen LogP contribution >= 0.6 is 0 Å². The SMILES string of the molecule is CC(C)Cc1ccc(C(C)NC(=O)[C@H]2CCCCN2)cc1. The number of piperidine rings is 1. The van der Waals surface area contributed by atoms with E-state index in [1.165, 1.54) is 17.5 Å². The summed E-state index contributed by atoms with van der Waals surface area (Å²) in [5, 5.41) is 6.42. The molecule has 0 aliphatic carbocycles. The van der Waals surface area contributed by atoms with Crippen molar-refractivity contribution in [1.82, 2.24) is 10.6 Å². The molecule has 0 bridgehead atoms. The van der Waals surface area contributed by atoms with Crippen molar-refractivity contribution < 1.29 is 4.79 Å². The minimum absolute atomic E-state index is 0.0126. The highest BCUT2D eigenvalue weighted by Crippen LogP contribution is 2.16. The smallest absolute Gasteiger partial charge is 0.237 e. The first-order valence-electron chi connectivity index (χ1n) is 8.19. The first kappa shape index (κ1) is 16.0. The van der Waals surface area contributed by atoms with Crippen LogP contribution in [0.15, 0.2) is 24.3 Å². The van der Waals surface area contributed by atoms with E-state index in [-0.39, 0.29) is 18.0 Å². The molecule has 1 aromatic rings. The van der Waals surface area contributed by atoms with Crippen LogP contribution < -0.4 is 10.6 Å². The number of amides is 1. The van der Waals surface area contributed by atoms with E-state index in [0.717, 1.165) is 25.8 Å². The van der Waals surface area contributed by atoms with Gasteiger partial charge in [-0.1, -0.05) is 44.5 Å². The van der Waals surface area contributed by atoms with Gasteiger partial charge in [0.15, 0.2) is 0 Å². The maximum Gasteiger partial charge on any atom is 0.237 e. The number of carbonyl (C=O) groups is 1. The zero-order valence-electron chi connectivity index (χ0n) is 13.5. The number of carbonyl (C=O) groups excluding carboxylic acids is 1. The molecular weight excluding hydrogens is 260 g/mol. The van der Waals surface area contributed by atoms with Crippen LogP contribution in [0.2, 0.25) is 0 Å². The van der Waals surface area contributed by atoms with Gasteiger partial charge in [-0.25, -0.2) is 0 Å². The Kier molecular flexibility index (Phi) is 5.80. The van der Waals surface area contributed by atoms with Gasteiger partial charge >= 0.3 is 0 Å². The fourth-order valence-corrected chi connectivity index (χ4v) is 2.89. The van der Waals surface area contributed by atoms with Gasteiger partial charge in [0.05, 0.1) is 12.1 Å². The summed E-state index contributed by atoms with van der Waals surface area (Å²) in [5.74, 6) is 0.804. The summed E-state index contributed by atoms with van der Waals surface area (Å²) in [6.45, 7) is 7.47. The highest BCUT2D eigenvalue weighted by molar-refractivity contribution is 5.82. The van der Waals surface area contributed by atoms with Gasteiger partial charge in [-0.2, -0.15) is 0 Å². The number of rotatable bonds is 5. The quantitative estimate of drug-likeness (QED) is 0.873. The Morgan fingerprint density at radius 2 is 1.95 bits per heavy atom. The highest BCUT2D eigenvalue weighted by atomic mass is 16.2. The Bertz CT molecular complexity index is 447. The van der Waals surface area contributed by atoms with E-state index in [1.807, 2.05) is 0 Å². The van der Waals surface area contributed by atoms with Crippen LogP contribution in [0, 0.1) is 5.92 Å². The molecule has 0 radical (unpaired) electrons. The van der Waals surface area contributed by atoms with Gasteiger partial charge in [0.2, 0.25) is 5.91 Å². The molecule has 116 valence electrons. The van der Waals surface area contributed by atoms with Crippen LogP contribution in [0.4, 0.5) is 0 Å². The number of hydrogen-bond donors (Lipinski definition) is 2. The molecule has 2 N–H and O–H groups in total. The molecule has 0 saturated carbocycles. The molecule has 2 rings (SSSR count). The summed E-state index contributed by atoms with van der Waals surface area (Å²) in [4.78, 5) is 12.2. The van der Waals surface area contributed by atoms with Gasteiger partial charge in [0, 0.05) is 0 Å². The Labute approximate surface area is 128 Å². The summed E-state index contributed by atoms with van der Waals surface area (Å²) in [7, 11) is 0. The molecule has 1 amide bonds. The zero-order chi connectivity index (χ0) is 15.2. The lowest BCUT2D eigenvalue weighted by Gasteiger charge is -2.24. The van der Waals surface area contributed by atoms with Crippen molar-refractivity contribution in [3.63, 3.8) is 0 Å². The summed E-state index contributed by atoms with van der Waals surface area (Å²) >= 11 is 0. The topological polar surface area (TPSA) is 41.1 Å². The van der Waals surface area contributed by atoms with Gasteiger partial charge < -0.3 is 10.6 Å². The van der Waals surface area contributed by atoms with Gasteiger partial charge in [-0.3, -0.25) is 4.79 Å². The fraction of sp³-hybridized carbons (Fsp3) is 0.611. The fourth-order valence-electron chi connectivity index (χ4n) is 2.89. The van der Waals surface area contributed by atoms with Crippen LogP contribution in [-0.2, 0) is 11.2 Å². The molecule has 1 saturated heterocycles. The van der Waals surface area contributed by atoms with Crippen molar-refractivity contribution in [3.8, 4) is 0 Å². The van der Waals surface area contributed by atoms with Crippen molar-refractivity contribution in [2.24, 2.45) is 5.92 Å². The predicted octanol–water partition coefficient (Wildman–Crippen LogP) is 3.20. The largest absolute Gasteiger partial charge is 0.348 e. The molecule has 1 aliphatic heterocycles. The first-order valence-corrected chi connectivity index (χ1v) is 8.19. The number of hydrogen-bond acceptors (Lipinski definition) is 2. The molecule has 2 atom stereocenters. The molecule has 1 unspecified atom stereocenters. The van der Waals surface area contributed by atoms with E-state index in [2.05, 4.69) is 55.7 Å². The lowest BCUT2D eigenvalue weighted by atomic mass is 9.99. The molecule has 0 aromatic heterocycles. The third kappa shape index (κ3) is 4.85. The Balaban J connectivity index is 1.90. The van der Waals surface area contributed by atoms with E-state index in [9.17, 15) is 4.79 Å². The lowest BCUT2D eigenvalue weighted by Crippen LogP contribution is -2.47. The molecule has 3 heteroatoms. The predicted molar refractivity (Wildman–Crippen MR) is 87.2 cm³/mol. The second-order valence-electron chi connectivity index (χ2n) is 6.57. The second kappa shape index (κ2) is 7.60. The second-order valence-corrected chi connectivity index (χ2v) is 6.57.